The van der Waals surface area contributed by atoms with Crippen molar-refractivity contribution in [3.8, 4) is 5.69 Å². The molecular formula is C26H26ClN5O. The first kappa shape index (κ1) is 22.6. The molecule has 0 saturated carbocycles. The van der Waals surface area contributed by atoms with Crippen molar-refractivity contribution >= 4 is 39.2 Å². The third kappa shape index (κ3) is 4.10. The first-order valence-electron chi connectivity index (χ1n) is 11.0. The van der Waals surface area contributed by atoms with Crippen molar-refractivity contribution < 1.29 is 0 Å². The van der Waals surface area contributed by atoms with Gasteiger partial charge in [0.05, 0.1) is 21.8 Å². The first-order valence-corrected chi connectivity index (χ1v) is 11.4. The fourth-order valence-corrected chi connectivity index (χ4v) is 4.27. The van der Waals surface area contributed by atoms with Gasteiger partial charge >= 0.3 is 0 Å². The Labute approximate surface area is 197 Å². The molecule has 2 aromatic carbocycles. The Hall–Kier alpha value is -3.64. The first-order chi connectivity index (χ1) is 16.0. The van der Waals surface area contributed by atoms with Crippen molar-refractivity contribution in [3.63, 3.8) is 0 Å². The zero-order valence-electron chi connectivity index (χ0n) is 19.1. The SMILES string of the molecule is CC.Cc1c[nH]c2ncnc(N[C@@H](C)c3cc4cccc(Cl)c4c(=O)n3-c3ccccc3)c12. The minimum absolute atomic E-state index is 0.149. The summed E-state index contributed by atoms with van der Waals surface area (Å²) in [5.74, 6) is 0.717. The summed E-state index contributed by atoms with van der Waals surface area (Å²) >= 11 is 6.40. The zero-order valence-corrected chi connectivity index (χ0v) is 19.8. The number of halogens is 1. The standard InChI is InChI=1S/C24H20ClN5O.C2H6/c1-14-12-26-22-20(14)23(28-13-27-22)29-15(2)19-11-16-7-6-10-18(25)21(16)24(31)30(19)17-8-4-3-5-9-17;1-2/h3-13,15H,1-2H3,(H2,26,27,28,29);1-2H3/t15-;/m0./s1. The summed E-state index contributed by atoms with van der Waals surface area (Å²) in [5.41, 5.74) is 3.27. The van der Waals surface area contributed by atoms with Crippen LogP contribution in [0, 0.1) is 6.92 Å². The van der Waals surface area contributed by atoms with Crippen LogP contribution in [0.4, 0.5) is 5.82 Å². The number of pyridine rings is 1. The van der Waals surface area contributed by atoms with E-state index < -0.39 is 0 Å². The third-order valence-electron chi connectivity index (χ3n) is 5.50. The Balaban J connectivity index is 0.00000126. The van der Waals surface area contributed by atoms with Crippen molar-refractivity contribution in [3.05, 3.63) is 93.8 Å². The maximum atomic E-state index is 13.6. The molecule has 33 heavy (non-hydrogen) atoms. The van der Waals surface area contributed by atoms with E-state index in [9.17, 15) is 4.79 Å². The highest BCUT2D eigenvalue weighted by molar-refractivity contribution is 6.35. The van der Waals surface area contributed by atoms with Crippen LogP contribution in [0.25, 0.3) is 27.5 Å². The number of anilines is 1. The van der Waals surface area contributed by atoms with Crippen molar-refractivity contribution in [2.75, 3.05) is 5.32 Å². The van der Waals surface area contributed by atoms with Crippen LogP contribution in [0.1, 0.15) is 38.1 Å². The number of nitrogens with one attached hydrogen (secondary N) is 2. The molecular weight excluding hydrogens is 434 g/mol. The lowest BCUT2D eigenvalue weighted by molar-refractivity contribution is 0.774. The molecule has 0 saturated heterocycles. The summed E-state index contributed by atoms with van der Waals surface area (Å²) in [6, 6.07) is 16.9. The molecule has 0 bridgehead atoms. The Morgan fingerprint density at radius 3 is 2.55 bits per heavy atom. The normalized spacial score (nSPS) is 11.8. The quantitative estimate of drug-likeness (QED) is 0.325. The van der Waals surface area contributed by atoms with Crippen molar-refractivity contribution in [1.29, 1.82) is 0 Å². The van der Waals surface area contributed by atoms with E-state index in [4.69, 9.17) is 11.6 Å². The van der Waals surface area contributed by atoms with E-state index in [0.29, 0.717) is 10.4 Å². The summed E-state index contributed by atoms with van der Waals surface area (Å²) in [4.78, 5) is 25.5. The number of para-hydroxylation sites is 1. The minimum atomic E-state index is -0.219. The van der Waals surface area contributed by atoms with Crippen LogP contribution in [0.2, 0.25) is 5.02 Å². The molecule has 5 aromatic rings. The fourth-order valence-electron chi connectivity index (χ4n) is 4.01. The van der Waals surface area contributed by atoms with Crippen LogP contribution in [0.15, 0.2) is 71.9 Å². The van der Waals surface area contributed by atoms with Gasteiger partial charge in [0.25, 0.3) is 5.56 Å². The average Bonchev–Trinajstić information content (AvgIpc) is 3.22. The predicted molar refractivity (Wildman–Crippen MR) is 137 cm³/mol. The van der Waals surface area contributed by atoms with Gasteiger partial charge < -0.3 is 10.3 Å². The molecule has 3 aromatic heterocycles. The molecule has 0 spiro atoms. The Morgan fingerprint density at radius 1 is 1.03 bits per heavy atom. The van der Waals surface area contributed by atoms with Gasteiger partial charge in [-0.15, -0.1) is 0 Å². The van der Waals surface area contributed by atoms with E-state index in [-0.39, 0.29) is 11.6 Å². The molecule has 0 aliphatic carbocycles. The summed E-state index contributed by atoms with van der Waals surface area (Å²) in [7, 11) is 0. The summed E-state index contributed by atoms with van der Waals surface area (Å²) in [6.07, 6.45) is 3.44. The molecule has 0 fully saturated rings. The average molecular weight is 460 g/mol. The molecule has 2 N–H and O–H groups in total. The topological polar surface area (TPSA) is 75.6 Å². The van der Waals surface area contributed by atoms with Crippen LogP contribution < -0.4 is 10.9 Å². The molecule has 0 unspecified atom stereocenters. The molecule has 1 atom stereocenters. The second-order valence-corrected chi connectivity index (χ2v) is 7.94. The van der Waals surface area contributed by atoms with Gasteiger partial charge in [0.15, 0.2) is 0 Å². The minimum Gasteiger partial charge on any atom is -0.361 e. The number of nitrogens with zero attached hydrogens (tertiary/aromatic N) is 3. The number of benzene rings is 2. The van der Waals surface area contributed by atoms with Crippen LogP contribution in [0.5, 0.6) is 0 Å². The second kappa shape index (κ2) is 9.46. The van der Waals surface area contributed by atoms with Gasteiger partial charge in [-0.1, -0.05) is 55.8 Å². The van der Waals surface area contributed by atoms with Crippen molar-refractivity contribution in [2.45, 2.75) is 33.7 Å². The summed E-state index contributed by atoms with van der Waals surface area (Å²) in [5, 5.41) is 6.18. The molecule has 7 heteroatoms. The van der Waals surface area contributed by atoms with Crippen molar-refractivity contribution in [1.82, 2.24) is 19.5 Å². The molecule has 6 nitrogen and oxygen atoms in total. The maximum Gasteiger partial charge on any atom is 0.264 e. The molecule has 168 valence electrons. The fraction of sp³-hybridized carbons (Fsp3) is 0.192. The molecule has 3 heterocycles. The Morgan fingerprint density at radius 2 is 1.79 bits per heavy atom. The lowest BCUT2D eigenvalue weighted by atomic mass is 10.1. The van der Waals surface area contributed by atoms with Crippen LogP contribution >= 0.6 is 11.6 Å². The van der Waals surface area contributed by atoms with Gasteiger partial charge in [-0.05, 0) is 49.1 Å². The summed E-state index contributed by atoms with van der Waals surface area (Å²) in [6.45, 7) is 8.02. The molecule has 0 radical (unpaired) electrons. The number of hydrogen-bond acceptors (Lipinski definition) is 4. The molecule has 0 aliphatic heterocycles. The van der Waals surface area contributed by atoms with Crippen LogP contribution in [-0.2, 0) is 0 Å². The maximum absolute atomic E-state index is 13.6. The van der Waals surface area contributed by atoms with Gasteiger partial charge in [-0.25, -0.2) is 9.97 Å². The largest absolute Gasteiger partial charge is 0.361 e. The van der Waals surface area contributed by atoms with Gasteiger partial charge in [-0.3, -0.25) is 9.36 Å². The number of H-pyrrole nitrogens is 1. The van der Waals surface area contributed by atoms with E-state index in [2.05, 4.69) is 20.3 Å². The number of fused-ring (bicyclic) bond motifs is 2. The number of rotatable bonds is 4. The van der Waals surface area contributed by atoms with E-state index in [1.165, 1.54) is 6.33 Å². The van der Waals surface area contributed by atoms with E-state index in [1.54, 1.807) is 10.6 Å². The monoisotopic (exact) mass is 459 g/mol. The van der Waals surface area contributed by atoms with Crippen LogP contribution in [0.3, 0.4) is 0 Å². The number of aromatic amines is 1. The number of aryl methyl sites for hydroxylation is 1. The van der Waals surface area contributed by atoms with Gasteiger partial charge in [0, 0.05) is 17.6 Å². The highest BCUT2D eigenvalue weighted by atomic mass is 35.5. The van der Waals surface area contributed by atoms with Gasteiger partial charge in [0.1, 0.15) is 17.8 Å². The highest BCUT2D eigenvalue weighted by Gasteiger charge is 2.19. The van der Waals surface area contributed by atoms with Crippen LogP contribution in [-0.4, -0.2) is 19.5 Å². The van der Waals surface area contributed by atoms with Gasteiger partial charge in [-0.2, -0.15) is 0 Å². The second-order valence-electron chi connectivity index (χ2n) is 7.53. The zero-order chi connectivity index (χ0) is 23.5. The smallest absolute Gasteiger partial charge is 0.264 e. The molecule has 5 rings (SSSR count). The Kier molecular flexibility index (Phi) is 6.47. The predicted octanol–water partition coefficient (Wildman–Crippen LogP) is 6.42. The third-order valence-corrected chi connectivity index (χ3v) is 5.82. The van der Waals surface area contributed by atoms with Crippen molar-refractivity contribution in [2.24, 2.45) is 0 Å². The highest BCUT2D eigenvalue weighted by Crippen LogP contribution is 2.29. The molecule has 0 amide bonds. The number of aromatic nitrogens is 4. The van der Waals surface area contributed by atoms with E-state index >= 15 is 0 Å². The van der Waals surface area contributed by atoms with E-state index in [0.717, 1.165) is 39.2 Å². The lowest BCUT2D eigenvalue weighted by Gasteiger charge is -2.22. The molecule has 0 aliphatic rings. The number of hydrogen-bond donors (Lipinski definition) is 2. The lowest BCUT2D eigenvalue weighted by Crippen LogP contribution is -2.25. The Bertz CT molecular complexity index is 1470. The van der Waals surface area contributed by atoms with E-state index in [1.807, 2.05) is 82.4 Å². The summed E-state index contributed by atoms with van der Waals surface area (Å²) < 4.78 is 1.72. The van der Waals surface area contributed by atoms with Gasteiger partial charge in [0.2, 0.25) is 0 Å².